The molecular weight excluding hydrogens is 226 g/mol. The van der Waals surface area contributed by atoms with Gasteiger partial charge in [-0.25, -0.2) is 13.6 Å². The molecule has 0 atom stereocenters. The van der Waals surface area contributed by atoms with Crippen molar-refractivity contribution in [1.29, 1.82) is 0 Å². The van der Waals surface area contributed by atoms with Crippen LogP contribution in [0.15, 0.2) is 17.0 Å². The molecule has 1 aromatic rings. The Labute approximate surface area is 88.1 Å². The Morgan fingerprint density at radius 3 is 2.07 bits per heavy atom. The molecule has 0 aliphatic heterocycles. The summed E-state index contributed by atoms with van der Waals surface area (Å²) < 4.78 is 26.3. The number of carboxylic acid groups (broad SMARTS) is 1. The smallest absolute Gasteiger partial charge is 0.377 e. The summed E-state index contributed by atoms with van der Waals surface area (Å²) in [6.07, 6.45) is 1.47. The minimum atomic E-state index is -1.74. The van der Waals surface area contributed by atoms with Gasteiger partial charge in [0, 0.05) is 5.56 Å². The molecule has 0 saturated heterocycles. The Balaban J connectivity index is 3.26. The second kappa shape index (κ2) is 4.39. The SMILES string of the molecule is CSc1c(F)cc(C(=O)C(=O)O)cc1F. The van der Waals surface area contributed by atoms with Crippen molar-refractivity contribution in [2.24, 2.45) is 0 Å². The number of carboxylic acids is 1. The van der Waals surface area contributed by atoms with Crippen LogP contribution in [0.1, 0.15) is 10.4 Å². The highest BCUT2D eigenvalue weighted by Gasteiger charge is 2.19. The molecule has 0 amide bonds. The Kier molecular flexibility index (Phi) is 3.41. The molecule has 0 spiro atoms. The van der Waals surface area contributed by atoms with Crippen molar-refractivity contribution in [2.75, 3.05) is 6.26 Å². The van der Waals surface area contributed by atoms with E-state index in [1.165, 1.54) is 6.26 Å². The molecule has 1 N–H and O–H groups in total. The van der Waals surface area contributed by atoms with Gasteiger partial charge in [0.25, 0.3) is 5.78 Å². The maximum absolute atomic E-state index is 13.1. The van der Waals surface area contributed by atoms with Crippen LogP contribution in [-0.2, 0) is 4.79 Å². The first kappa shape index (κ1) is 11.6. The first-order valence-corrected chi connectivity index (χ1v) is 5.00. The summed E-state index contributed by atoms with van der Waals surface area (Å²) in [7, 11) is 0. The van der Waals surface area contributed by atoms with Crippen LogP contribution in [0.4, 0.5) is 8.78 Å². The summed E-state index contributed by atoms with van der Waals surface area (Å²) in [5.74, 6) is -4.95. The third-order valence-electron chi connectivity index (χ3n) is 1.66. The maximum atomic E-state index is 13.1. The van der Waals surface area contributed by atoms with Crippen LogP contribution in [0.3, 0.4) is 0 Å². The van der Waals surface area contributed by atoms with Gasteiger partial charge in [0.15, 0.2) is 0 Å². The lowest BCUT2D eigenvalue weighted by molar-refractivity contribution is -0.131. The Morgan fingerprint density at radius 2 is 1.73 bits per heavy atom. The Hall–Kier alpha value is -1.43. The van der Waals surface area contributed by atoms with E-state index >= 15 is 0 Å². The van der Waals surface area contributed by atoms with Crippen molar-refractivity contribution in [3.63, 3.8) is 0 Å². The molecule has 80 valence electrons. The lowest BCUT2D eigenvalue weighted by Gasteiger charge is -2.03. The van der Waals surface area contributed by atoms with E-state index in [0.717, 1.165) is 11.8 Å². The molecule has 0 fully saturated rings. The summed E-state index contributed by atoms with van der Waals surface area (Å²) >= 11 is 0.842. The van der Waals surface area contributed by atoms with Gasteiger partial charge in [-0.2, -0.15) is 0 Å². The zero-order chi connectivity index (χ0) is 11.6. The minimum Gasteiger partial charge on any atom is -0.475 e. The summed E-state index contributed by atoms with van der Waals surface area (Å²) in [6, 6.07) is 1.43. The number of rotatable bonds is 3. The first-order chi connectivity index (χ1) is 6.97. The van der Waals surface area contributed by atoms with Gasteiger partial charge in [0.2, 0.25) is 0 Å². The number of halogens is 2. The minimum absolute atomic E-state index is 0.239. The fraction of sp³-hybridized carbons (Fsp3) is 0.111. The molecule has 15 heavy (non-hydrogen) atoms. The lowest BCUT2D eigenvalue weighted by atomic mass is 10.1. The molecule has 0 aliphatic rings. The van der Waals surface area contributed by atoms with Crippen molar-refractivity contribution >= 4 is 23.5 Å². The van der Waals surface area contributed by atoms with Gasteiger partial charge >= 0.3 is 5.97 Å². The van der Waals surface area contributed by atoms with Gasteiger partial charge in [0.1, 0.15) is 11.6 Å². The highest BCUT2D eigenvalue weighted by molar-refractivity contribution is 7.98. The van der Waals surface area contributed by atoms with Crippen LogP contribution < -0.4 is 0 Å². The fourth-order valence-corrected chi connectivity index (χ4v) is 1.52. The number of hydrogen-bond acceptors (Lipinski definition) is 3. The van der Waals surface area contributed by atoms with Crippen molar-refractivity contribution in [1.82, 2.24) is 0 Å². The number of carbonyl (C=O) groups excluding carboxylic acids is 1. The van der Waals surface area contributed by atoms with Gasteiger partial charge in [-0.15, -0.1) is 11.8 Å². The molecule has 3 nitrogen and oxygen atoms in total. The molecule has 0 saturated carbocycles. The predicted molar refractivity (Wildman–Crippen MR) is 50.1 cm³/mol. The van der Waals surface area contributed by atoms with Gasteiger partial charge in [0.05, 0.1) is 4.90 Å². The Bertz CT molecular complexity index is 408. The van der Waals surface area contributed by atoms with Crippen molar-refractivity contribution in [3.05, 3.63) is 29.3 Å². The molecule has 0 bridgehead atoms. The Morgan fingerprint density at radius 1 is 1.27 bits per heavy atom. The van der Waals surface area contributed by atoms with E-state index < -0.39 is 29.0 Å². The van der Waals surface area contributed by atoms with Crippen molar-refractivity contribution in [3.8, 4) is 0 Å². The summed E-state index contributed by atoms with van der Waals surface area (Å²) in [6.45, 7) is 0. The van der Waals surface area contributed by atoms with Crippen LogP contribution in [-0.4, -0.2) is 23.1 Å². The van der Waals surface area contributed by atoms with Gasteiger partial charge < -0.3 is 5.11 Å². The summed E-state index contributed by atoms with van der Waals surface area (Å²) in [5.41, 5.74) is -0.504. The normalized spacial score (nSPS) is 10.1. The van der Waals surface area contributed by atoms with Crippen LogP contribution in [0.2, 0.25) is 0 Å². The number of thioether (sulfide) groups is 1. The number of carbonyl (C=O) groups is 2. The van der Waals surface area contributed by atoms with E-state index in [-0.39, 0.29) is 4.90 Å². The fourth-order valence-electron chi connectivity index (χ4n) is 1.01. The number of aliphatic carboxylic acids is 1. The molecular formula is C9H6F2O3S. The zero-order valence-corrected chi connectivity index (χ0v) is 8.40. The second-order valence-corrected chi connectivity index (χ2v) is 3.42. The molecule has 0 aliphatic carbocycles. The maximum Gasteiger partial charge on any atom is 0.377 e. The standard InChI is InChI=1S/C9H6F2O3S/c1-15-8-5(10)2-4(3-6(8)11)7(12)9(13)14/h2-3H,1H3,(H,13,14). The van der Waals surface area contributed by atoms with Crippen LogP contribution >= 0.6 is 11.8 Å². The molecule has 0 unspecified atom stereocenters. The van der Waals surface area contributed by atoms with E-state index in [1.54, 1.807) is 0 Å². The zero-order valence-electron chi connectivity index (χ0n) is 7.58. The molecule has 1 rings (SSSR count). The van der Waals surface area contributed by atoms with E-state index in [0.29, 0.717) is 12.1 Å². The van der Waals surface area contributed by atoms with Gasteiger partial charge in [-0.3, -0.25) is 4.79 Å². The molecule has 6 heteroatoms. The summed E-state index contributed by atoms with van der Waals surface area (Å²) in [5, 5.41) is 8.34. The molecule has 0 heterocycles. The number of ketones is 1. The van der Waals surface area contributed by atoms with Crippen LogP contribution in [0, 0.1) is 11.6 Å². The van der Waals surface area contributed by atoms with E-state index in [9.17, 15) is 18.4 Å². The number of benzene rings is 1. The number of Topliss-reactive ketones (excluding diaryl/α,β-unsaturated/α-hetero) is 1. The predicted octanol–water partition coefficient (Wildman–Crippen LogP) is 1.95. The molecule has 0 radical (unpaired) electrons. The van der Waals surface area contributed by atoms with E-state index in [2.05, 4.69) is 0 Å². The average molecular weight is 232 g/mol. The monoisotopic (exact) mass is 232 g/mol. The average Bonchev–Trinajstić information content (AvgIpc) is 2.15. The third kappa shape index (κ3) is 2.33. The van der Waals surface area contributed by atoms with E-state index in [1.807, 2.05) is 0 Å². The van der Waals surface area contributed by atoms with Crippen LogP contribution in [0.5, 0.6) is 0 Å². The van der Waals surface area contributed by atoms with Crippen LogP contribution in [0.25, 0.3) is 0 Å². The molecule has 0 aromatic heterocycles. The summed E-state index contributed by atoms with van der Waals surface area (Å²) in [4.78, 5) is 20.9. The quantitative estimate of drug-likeness (QED) is 0.491. The lowest BCUT2D eigenvalue weighted by Crippen LogP contribution is -2.13. The largest absolute Gasteiger partial charge is 0.475 e. The highest BCUT2D eigenvalue weighted by Crippen LogP contribution is 2.24. The van der Waals surface area contributed by atoms with Crippen molar-refractivity contribution in [2.45, 2.75) is 4.90 Å². The topological polar surface area (TPSA) is 54.4 Å². The van der Waals surface area contributed by atoms with E-state index in [4.69, 9.17) is 5.11 Å². The van der Waals surface area contributed by atoms with Gasteiger partial charge in [-0.1, -0.05) is 0 Å². The third-order valence-corrected chi connectivity index (χ3v) is 2.46. The second-order valence-electron chi connectivity index (χ2n) is 2.61. The molecule has 1 aromatic carbocycles. The van der Waals surface area contributed by atoms with Crippen molar-refractivity contribution < 1.29 is 23.5 Å². The highest BCUT2D eigenvalue weighted by atomic mass is 32.2. The number of hydrogen-bond donors (Lipinski definition) is 1. The first-order valence-electron chi connectivity index (χ1n) is 3.78. The van der Waals surface area contributed by atoms with Gasteiger partial charge in [-0.05, 0) is 18.4 Å².